The molecule has 60 valence electrons. The van der Waals surface area contributed by atoms with Crippen LogP contribution in [0.5, 0.6) is 0 Å². The molecule has 0 aliphatic heterocycles. The number of carbonyl (C=O) groups is 1. The van der Waals surface area contributed by atoms with Gasteiger partial charge in [0.25, 0.3) is 5.91 Å². The highest BCUT2D eigenvalue weighted by molar-refractivity contribution is 5.74. The van der Waals surface area contributed by atoms with Crippen molar-refractivity contribution in [3.63, 3.8) is 0 Å². The van der Waals surface area contributed by atoms with Gasteiger partial charge in [-0.3, -0.25) is 4.79 Å². The number of rotatable bonds is 4. The molecule has 0 heterocycles. The first-order chi connectivity index (χ1) is 4.68. The molecular formula is C6H15N3O. The Balaban J connectivity index is 3.22. The predicted octanol–water partition coefficient (Wildman–Crippen LogP) is 0.143. The molecule has 4 N–H and O–H groups in total. The van der Waals surface area contributed by atoms with E-state index < -0.39 is 0 Å². The van der Waals surface area contributed by atoms with Crippen molar-refractivity contribution >= 4 is 5.91 Å². The molecule has 0 fully saturated rings. The van der Waals surface area contributed by atoms with Gasteiger partial charge in [0, 0.05) is 6.42 Å². The number of hydrazine groups is 2. The Labute approximate surface area is 61.1 Å². The van der Waals surface area contributed by atoms with Gasteiger partial charge in [-0.25, -0.2) is 16.8 Å². The summed E-state index contributed by atoms with van der Waals surface area (Å²) < 4.78 is 0. The van der Waals surface area contributed by atoms with Gasteiger partial charge in [-0.1, -0.05) is 19.8 Å². The number of unbranched alkanes of at least 4 members (excludes halogenated alkanes) is 2. The van der Waals surface area contributed by atoms with Gasteiger partial charge in [-0.05, 0) is 6.42 Å². The minimum absolute atomic E-state index is 0.201. The molecule has 4 nitrogen and oxygen atoms in total. The van der Waals surface area contributed by atoms with Crippen molar-refractivity contribution < 1.29 is 4.79 Å². The Morgan fingerprint density at radius 3 is 2.40 bits per heavy atom. The lowest BCUT2D eigenvalue weighted by molar-refractivity contribution is -0.131. The fraction of sp³-hybridized carbons (Fsp3) is 0.833. The summed E-state index contributed by atoms with van der Waals surface area (Å²) in [5.41, 5.74) is 0. The van der Waals surface area contributed by atoms with Crippen LogP contribution in [0, 0.1) is 0 Å². The summed E-state index contributed by atoms with van der Waals surface area (Å²) in [5, 5.41) is 0.648. The van der Waals surface area contributed by atoms with E-state index in [-0.39, 0.29) is 5.91 Å². The summed E-state index contributed by atoms with van der Waals surface area (Å²) in [5.74, 6) is 9.76. The molecule has 0 aromatic heterocycles. The van der Waals surface area contributed by atoms with E-state index in [0.717, 1.165) is 19.3 Å². The monoisotopic (exact) mass is 145 g/mol. The smallest absolute Gasteiger partial charge is 0.251 e. The highest BCUT2D eigenvalue weighted by atomic mass is 16.2. The molecule has 0 aliphatic carbocycles. The molecule has 4 heteroatoms. The maximum Gasteiger partial charge on any atom is 0.251 e. The van der Waals surface area contributed by atoms with Gasteiger partial charge in [-0.2, -0.15) is 0 Å². The van der Waals surface area contributed by atoms with Crippen LogP contribution in [-0.4, -0.2) is 11.0 Å². The van der Waals surface area contributed by atoms with Crippen LogP contribution in [-0.2, 0) is 4.79 Å². The molecule has 0 aromatic carbocycles. The molecule has 0 aliphatic rings. The Hall–Kier alpha value is -0.610. The van der Waals surface area contributed by atoms with Gasteiger partial charge in [-0.15, -0.1) is 0 Å². The van der Waals surface area contributed by atoms with E-state index in [1.807, 2.05) is 0 Å². The molecule has 0 spiro atoms. The van der Waals surface area contributed by atoms with Gasteiger partial charge < -0.3 is 0 Å². The topological polar surface area (TPSA) is 72.3 Å². The zero-order chi connectivity index (χ0) is 7.98. The van der Waals surface area contributed by atoms with Crippen LogP contribution < -0.4 is 11.7 Å². The van der Waals surface area contributed by atoms with Crippen LogP contribution in [0.25, 0.3) is 0 Å². The SMILES string of the molecule is CCCCCC(=O)N(N)N. The van der Waals surface area contributed by atoms with Crippen molar-refractivity contribution in [2.45, 2.75) is 32.6 Å². The van der Waals surface area contributed by atoms with E-state index in [1.54, 1.807) is 0 Å². The second-order valence-electron chi connectivity index (χ2n) is 2.26. The lowest BCUT2D eigenvalue weighted by Crippen LogP contribution is -2.43. The summed E-state index contributed by atoms with van der Waals surface area (Å²) in [6, 6.07) is 0. The number of amides is 1. The highest BCUT2D eigenvalue weighted by Crippen LogP contribution is 1.98. The summed E-state index contributed by atoms with van der Waals surface area (Å²) in [4.78, 5) is 10.7. The van der Waals surface area contributed by atoms with Crippen LogP contribution in [0.4, 0.5) is 0 Å². The number of nitrogens with two attached hydrogens (primary N) is 2. The van der Waals surface area contributed by atoms with E-state index in [2.05, 4.69) is 6.92 Å². The maximum absolute atomic E-state index is 10.7. The van der Waals surface area contributed by atoms with Crippen molar-refractivity contribution in [1.82, 2.24) is 5.12 Å². The van der Waals surface area contributed by atoms with Gasteiger partial charge in [0.05, 0.1) is 0 Å². The second-order valence-corrected chi connectivity index (χ2v) is 2.26. The molecule has 0 bridgehead atoms. The molecule has 1 amide bonds. The third-order valence-corrected chi connectivity index (χ3v) is 1.28. The Kier molecular flexibility index (Phi) is 4.88. The Morgan fingerprint density at radius 1 is 1.40 bits per heavy atom. The van der Waals surface area contributed by atoms with Crippen LogP contribution >= 0.6 is 0 Å². The van der Waals surface area contributed by atoms with E-state index in [9.17, 15) is 4.79 Å². The normalized spacial score (nSPS) is 9.50. The molecule has 0 saturated heterocycles. The molecule has 0 atom stereocenters. The van der Waals surface area contributed by atoms with Gasteiger partial charge in [0.2, 0.25) is 0 Å². The van der Waals surface area contributed by atoms with Crippen LogP contribution in [0.3, 0.4) is 0 Å². The van der Waals surface area contributed by atoms with Crippen molar-refractivity contribution in [3.8, 4) is 0 Å². The zero-order valence-electron chi connectivity index (χ0n) is 6.34. The van der Waals surface area contributed by atoms with Gasteiger partial charge in [0.1, 0.15) is 0 Å². The zero-order valence-corrected chi connectivity index (χ0v) is 6.34. The Morgan fingerprint density at radius 2 is 2.00 bits per heavy atom. The molecule has 0 saturated carbocycles. The first-order valence-corrected chi connectivity index (χ1v) is 3.50. The summed E-state index contributed by atoms with van der Waals surface area (Å²) in [7, 11) is 0. The summed E-state index contributed by atoms with van der Waals surface area (Å²) >= 11 is 0. The first kappa shape index (κ1) is 9.39. The van der Waals surface area contributed by atoms with Gasteiger partial charge >= 0.3 is 0 Å². The van der Waals surface area contributed by atoms with Crippen molar-refractivity contribution in [2.75, 3.05) is 0 Å². The second kappa shape index (κ2) is 5.20. The van der Waals surface area contributed by atoms with Crippen LogP contribution in [0.2, 0.25) is 0 Å². The first-order valence-electron chi connectivity index (χ1n) is 3.50. The minimum atomic E-state index is -0.201. The molecule has 0 rings (SSSR count). The van der Waals surface area contributed by atoms with Gasteiger partial charge in [0.15, 0.2) is 0 Å². The fourth-order valence-corrected chi connectivity index (χ4v) is 0.655. The highest BCUT2D eigenvalue weighted by Gasteiger charge is 2.02. The molecule has 0 unspecified atom stereocenters. The van der Waals surface area contributed by atoms with E-state index in [0.29, 0.717) is 11.5 Å². The standard InChI is InChI=1S/C6H15N3O/c1-2-3-4-5-6(10)9(7)8/h2-5,7-8H2,1H3. The molecule has 0 aromatic rings. The predicted molar refractivity (Wildman–Crippen MR) is 39.4 cm³/mol. The van der Waals surface area contributed by atoms with E-state index in [4.69, 9.17) is 11.7 Å². The number of carbonyl (C=O) groups excluding carboxylic acids is 1. The van der Waals surface area contributed by atoms with Crippen molar-refractivity contribution in [1.29, 1.82) is 0 Å². The number of hydrogen-bond acceptors (Lipinski definition) is 3. The van der Waals surface area contributed by atoms with Crippen LogP contribution in [0.15, 0.2) is 0 Å². The average molecular weight is 145 g/mol. The van der Waals surface area contributed by atoms with Crippen LogP contribution in [0.1, 0.15) is 32.6 Å². The van der Waals surface area contributed by atoms with Crippen molar-refractivity contribution in [2.24, 2.45) is 11.7 Å². The fourth-order valence-electron chi connectivity index (χ4n) is 0.655. The third-order valence-electron chi connectivity index (χ3n) is 1.28. The quantitative estimate of drug-likeness (QED) is 0.256. The largest absolute Gasteiger partial charge is 0.272 e. The summed E-state index contributed by atoms with van der Waals surface area (Å²) in [6.07, 6.45) is 3.49. The average Bonchev–Trinajstić information content (AvgIpc) is 1.88. The van der Waals surface area contributed by atoms with E-state index in [1.165, 1.54) is 0 Å². The molecule has 0 radical (unpaired) electrons. The van der Waals surface area contributed by atoms with Crippen molar-refractivity contribution in [3.05, 3.63) is 0 Å². The number of hydrogen-bond donors (Lipinski definition) is 2. The number of nitrogens with zero attached hydrogens (tertiary/aromatic N) is 1. The minimum Gasteiger partial charge on any atom is -0.272 e. The lowest BCUT2D eigenvalue weighted by atomic mass is 10.2. The molecular weight excluding hydrogens is 130 g/mol. The summed E-state index contributed by atoms with van der Waals surface area (Å²) in [6.45, 7) is 2.08. The lowest BCUT2D eigenvalue weighted by Gasteiger charge is -2.07. The Bertz CT molecular complexity index is 103. The third kappa shape index (κ3) is 4.29. The van der Waals surface area contributed by atoms with E-state index >= 15 is 0 Å². The maximum atomic E-state index is 10.7. The molecule has 10 heavy (non-hydrogen) atoms.